The molecule has 3 nitrogen and oxygen atoms in total. The number of rotatable bonds is 11. The Bertz CT molecular complexity index is 382. The highest BCUT2D eigenvalue weighted by Gasteiger charge is 2.28. The van der Waals surface area contributed by atoms with E-state index >= 15 is 0 Å². The number of aliphatic carboxylic acids is 1. The normalized spacial score (nSPS) is 21.5. The van der Waals surface area contributed by atoms with Gasteiger partial charge in [0, 0.05) is 12.3 Å². The van der Waals surface area contributed by atoms with E-state index in [-0.39, 0.29) is 18.1 Å². The van der Waals surface area contributed by atoms with Gasteiger partial charge in [-0.3, -0.25) is 9.59 Å². The maximum Gasteiger partial charge on any atom is 0.303 e. The number of unbranched alkanes of at least 4 members (excludes halogenated alkanes) is 4. The summed E-state index contributed by atoms with van der Waals surface area (Å²) in [6.07, 6.45) is 16.5. The molecule has 1 rings (SSSR count). The topological polar surface area (TPSA) is 54.4 Å². The lowest BCUT2D eigenvalue weighted by Crippen LogP contribution is -2.15. The van der Waals surface area contributed by atoms with Crippen LogP contribution in [0.1, 0.15) is 64.7 Å². The molecule has 0 aromatic heterocycles. The zero-order valence-corrected chi connectivity index (χ0v) is 13.1. The van der Waals surface area contributed by atoms with Crippen LogP contribution in [0, 0.1) is 11.8 Å². The molecule has 0 amide bonds. The van der Waals surface area contributed by atoms with Crippen LogP contribution in [0.3, 0.4) is 0 Å². The van der Waals surface area contributed by atoms with Gasteiger partial charge in [-0.05, 0) is 37.7 Å². The second kappa shape index (κ2) is 10.4. The number of carboxylic acid groups (broad SMARTS) is 1. The lowest BCUT2D eigenvalue weighted by Gasteiger charge is -2.16. The Kier molecular flexibility index (Phi) is 8.72. The number of carboxylic acids is 1. The molecule has 0 bridgehead atoms. The van der Waals surface area contributed by atoms with E-state index in [2.05, 4.69) is 25.2 Å². The molecule has 0 saturated carbocycles. The number of carbonyl (C=O) groups excluding carboxylic acids is 1. The van der Waals surface area contributed by atoms with Crippen LogP contribution in [0.15, 0.2) is 24.3 Å². The Hall–Kier alpha value is -1.38. The number of allylic oxidation sites excluding steroid dienone is 4. The molecule has 0 heterocycles. The molecule has 0 aromatic carbocycles. The van der Waals surface area contributed by atoms with E-state index in [0.29, 0.717) is 5.92 Å². The summed E-state index contributed by atoms with van der Waals surface area (Å²) in [6.45, 7) is 2.10. The maximum atomic E-state index is 11.8. The third-order valence-corrected chi connectivity index (χ3v) is 4.11. The molecule has 0 radical (unpaired) electrons. The highest BCUT2D eigenvalue weighted by atomic mass is 16.4. The van der Waals surface area contributed by atoms with Gasteiger partial charge < -0.3 is 5.11 Å². The second-order valence-corrected chi connectivity index (χ2v) is 5.85. The largest absolute Gasteiger partial charge is 0.481 e. The Labute approximate surface area is 128 Å². The van der Waals surface area contributed by atoms with Gasteiger partial charge in [-0.2, -0.15) is 0 Å². The van der Waals surface area contributed by atoms with Crippen molar-refractivity contribution in [1.82, 2.24) is 0 Å². The van der Waals surface area contributed by atoms with E-state index in [9.17, 15) is 9.59 Å². The first kappa shape index (κ1) is 17.7. The van der Waals surface area contributed by atoms with E-state index in [1.54, 1.807) is 6.08 Å². The average Bonchev–Trinajstić information content (AvgIpc) is 2.79. The van der Waals surface area contributed by atoms with Crippen LogP contribution in [0.2, 0.25) is 0 Å². The van der Waals surface area contributed by atoms with Gasteiger partial charge in [0.1, 0.15) is 0 Å². The van der Waals surface area contributed by atoms with Gasteiger partial charge in [0.2, 0.25) is 0 Å². The predicted molar refractivity (Wildman–Crippen MR) is 85.1 cm³/mol. The molecule has 2 atom stereocenters. The van der Waals surface area contributed by atoms with E-state index in [4.69, 9.17) is 5.11 Å². The van der Waals surface area contributed by atoms with Crippen LogP contribution in [0.25, 0.3) is 0 Å². The molecule has 1 aliphatic rings. The van der Waals surface area contributed by atoms with Gasteiger partial charge in [-0.15, -0.1) is 0 Å². The van der Waals surface area contributed by atoms with Crippen molar-refractivity contribution in [3.8, 4) is 0 Å². The Morgan fingerprint density at radius 2 is 1.90 bits per heavy atom. The number of hydrogen-bond acceptors (Lipinski definition) is 2. The van der Waals surface area contributed by atoms with Crippen LogP contribution in [0.5, 0.6) is 0 Å². The third-order valence-electron chi connectivity index (χ3n) is 4.11. The lowest BCUT2D eigenvalue weighted by molar-refractivity contribution is -0.137. The van der Waals surface area contributed by atoms with Crippen LogP contribution in [-0.4, -0.2) is 16.9 Å². The average molecular weight is 292 g/mol. The summed E-state index contributed by atoms with van der Waals surface area (Å²) in [7, 11) is 0. The van der Waals surface area contributed by atoms with Crippen molar-refractivity contribution in [3.05, 3.63) is 24.3 Å². The van der Waals surface area contributed by atoms with Crippen LogP contribution in [0.4, 0.5) is 0 Å². The summed E-state index contributed by atoms with van der Waals surface area (Å²) < 4.78 is 0. The van der Waals surface area contributed by atoms with E-state index in [1.165, 1.54) is 0 Å². The molecule has 0 saturated heterocycles. The molecule has 0 fully saturated rings. The van der Waals surface area contributed by atoms with E-state index < -0.39 is 5.97 Å². The fourth-order valence-electron chi connectivity index (χ4n) is 2.87. The first-order valence-corrected chi connectivity index (χ1v) is 8.24. The molecule has 1 aliphatic carbocycles. The van der Waals surface area contributed by atoms with Gasteiger partial charge in [0.15, 0.2) is 5.78 Å². The van der Waals surface area contributed by atoms with Crippen molar-refractivity contribution in [2.45, 2.75) is 64.7 Å². The highest BCUT2D eigenvalue weighted by molar-refractivity contribution is 5.94. The van der Waals surface area contributed by atoms with Crippen LogP contribution >= 0.6 is 0 Å². The summed E-state index contributed by atoms with van der Waals surface area (Å²) >= 11 is 0. The molecular weight excluding hydrogens is 264 g/mol. The Morgan fingerprint density at radius 3 is 2.62 bits per heavy atom. The van der Waals surface area contributed by atoms with Crippen molar-refractivity contribution in [2.24, 2.45) is 11.8 Å². The Balaban J connectivity index is 2.15. The quantitative estimate of drug-likeness (QED) is 0.449. The van der Waals surface area contributed by atoms with Crippen molar-refractivity contribution in [1.29, 1.82) is 0 Å². The smallest absolute Gasteiger partial charge is 0.303 e. The fourth-order valence-corrected chi connectivity index (χ4v) is 2.87. The Morgan fingerprint density at radius 1 is 1.19 bits per heavy atom. The zero-order valence-electron chi connectivity index (χ0n) is 13.1. The van der Waals surface area contributed by atoms with Crippen molar-refractivity contribution >= 4 is 11.8 Å². The molecular formula is C18H28O3. The summed E-state index contributed by atoms with van der Waals surface area (Å²) in [5.74, 6) is 0.132. The minimum absolute atomic E-state index is 0.153. The van der Waals surface area contributed by atoms with Gasteiger partial charge in [0.05, 0.1) is 0 Å². The minimum atomic E-state index is -0.701. The molecule has 0 aromatic rings. The van der Waals surface area contributed by atoms with Crippen molar-refractivity contribution in [3.63, 3.8) is 0 Å². The highest BCUT2D eigenvalue weighted by Crippen LogP contribution is 2.30. The molecule has 0 aliphatic heterocycles. The van der Waals surface area contributed by atoms with E-state index in [0.717, 1.165) is 51.4 Å². The van der Waals surface area contributed by atoms with E-state index in [1.807, 2.05) is 0 Å². The fraction of sp³-hybridized carbons (Fsp3) is 0.667. The minimum Gasteiger partial charge on any atom is -0.481 e. The molecule has 21 heavy (non-hydrogen) atoms. The molecule has 2 unspecified atom stereocenters. The molecule has 1 N–H and O–H groups in total. The van der Waals surface area contributed by atoms with Gasteiger partial charge in [0.25, 0.3) is 0 Å². The number of carbonyl (C=O) groups is 2. The van der Waals surface area contributed by atoms with Crippen molar-refractivity contribution in [2.75, 3.05) is 0 Å². The van der Waals surface area contributed by atoms with Gasteiger partial charge in [-0.1, -0.05) is 50.8 Å². The monoisotopic (exact) mass is 292 g/mol. The second-order valence-electron chi connectivity index (χ2n) is 5.85. The molecule has 3 heteroatoms. The van der Waals surface area contributed by atoms with Crippen LogP contribution < -0.4 is 0 Å². The van der Waals surface area contributed by atoms with Gasteiger partial charge >= 0.3 is 5.97 Å². The standard InChI is InChI=1S/C18H28O3/c1-2-3-7-11-16-15(13-14-17(16)19)10-8-5-4-6-9-12-18(20)21/h3,7,13-16H,2,4-6,8-12H2,1H3,(H,20,21)/b7-3+. The first-order chi connectivity index (χ1) is 10.1. The number of ketones is 1. The summed E-state index contributed by atoms with van der Waals surface area (Å²) in [4.78, 5) is 22.2. The predicted octanol–water partition coefficient (Wildman–Crippen LogP) is 4.53. The van der Waals surface area contributed by atoms with Crippen molar-refractivity contribution < 1.29 is 14.7 Å². The maximum absolute atomic E-state index is 11.8. The molecule has 118 valence electrons. The zero-order chi connectivity index (χ0) is 15.5. The number of hydrogen-bond donors (Lipinski definition) is 1. The molecule has 0 spiro atoms. The summed E-state index contributed by atoms with van der Waals surface area (Å²) in [6, 6.07) is 0. The lowest BCUT2D eigenvalue weighted by atomic mass is 9.87. The first-order valence-electron chi connectivity index (χ1n) is 8.24. The van der Waals surface area contributed by atoms with Gasteiger partial charge in [-0.25, -0.2) is 0 Å². The SMILES string of the molecule is CC/C=C/CC1C(=O)C=CC1CCCCCCCC(=O)O. The summed E-state index contributed by atoms with van der Waals surface area (Å²) in [5, 5.41) is 8.56. The third kappa shape index (κ3) is 7.26. The summed E-state index contributed by atoms with van der Waals surface area (Å²) in [5.41, 5.74) is 0. The van der Waals surface area contributed by atoms with Crippen LogP contribution in [-0.2, 0) is 9.59 Å².